The molecule has 1 aliphatic heterocycles. The molecule has 0 aliphatic carbocycles. The molecule has 9 heteroatoms. The molecule has 0 saturated carbocycles. The van der Waals surface area contributed by atoms with E-state index in [0.717, 1.165) is 17.7 Å². The molecule has 2 N–H and O–H groups in total. The summed E-state index contributed by atoms with van der Waals surface area (Å²) in [5.74, 6) is -3.65. The van der Waals surface area contributed by atoms with E-state index in [1.807, 2.05) is 30.3 Å². The summed E-state index contributed by atoms with van der Waals surface area (Å²) in [6.45, 7) is 2.02. The largest absolute Gasteiger partial charge is 0.344 e. The summed E-state index contributed by atoms with van der Waals surface area (Å²) in [6, 6.07) is 14.3. The second kappa shape index (κ2) is 11.3. The van der Waals surface area contributed by atoms with Crippen LogP contribution in [0.15, 0.2) is 66.7 Å². The molecule has 3 aromatic carbocycles. The smallest absolute Gasteiger partial charge is 0.250 e. The fourth-order valence-corrected chi connectivity index (χ4v) is 4.35. The van der Waals surface area contributed by atoms with Crippen LogP contribution in [-0.2, 0) is 33.8 Å². The summed E-state index contributed by atoms with van der Waals surface area (Å²) in [7, 11) is 0. The highest BCUT2D eigenvalue weighted by Crippen LogP contribution is 2.29. The molecule has 4 rings (SSSR count). The number of amides is 3. The number of fused-ring (bicyclic) bond motifs is 1. The highest BCUT2D eigenvalue weighted by molar-refractivity contribution is 5.93. The van der Waals surface area contributed by atoms with Gasteiger partial charge in [0.1, 0.15) is 29.5 Å². The quantitative estimate of drug-likeness (QED) is 0.487. The van der Waals surface area contributed by atoms with Crippen LogP contribution in [0.3, 0.4) is 0 Å². The summed E-state index contributed by atoms with van der Waals surface area (Å²) in [5.41, 5.74) is 2.23. The third-order valence-corrected chi connectivity index (χ3v) is 6.19. The maximum Gasteiger partial charge on any atom is 0.250 e. The van der Waals surface area contributed by atoms with E-state index in [-0.39, 0.29) is 24.4 Å². The van der Waals surface area contributed by atoms with Gasteiger partial charge in [-0.15, -0.1) is 0 Å². The Balaban J connectivity index is 1.44. The molecular weight excluding hydrogens is 483 g/mol. The van der Waals surface area contributed by atoms with E-state index < -0.39 is 41.3 Å². The zero-order valence-corrected chi connectivity index (χ0v) is 20.1. The molecule has 6 nitrogen and oxygen atoms in total. The van der Waals surface area contributed by atoms with E-state index in [0.29, 0.717) is 30.2 Å². The lowest BCUT2D eigenvalue weighted by molar-refractivity contribution is -0.138. The summed E-state index contributed by atoms with van der Waals surface area (Å²) in [5, 5.41) is 5.15. The Labute approximate surface area is 212 Å². The molecule has 2 atom stereocenters. The fraction of sp³-hybridized carbons (Fsp3) is 0.250. The van der Waals surface area contributed by atoms with Gasteiger partial charge in [-0.2, -0.15) is 0 Å². The van der Waals surface area contributed by atoms with Crippen molar-refractivity contribution < 1.29 is 27.6 Å². The van der Waals surface area contributed by atoms with Gasteiger partial charge < -0.3 is 15.5 Å². The van der Waals surface area contributed by atoms with E-state index in [1.165, 1.54) is 25.1 Å². The zero-order chi connectivity index (χ0) is 26.5. The van der Waals surface area contributed by atoms with Crippen LogP contribution in [0.4, 0.5) is 13.2 Å². The number of carbonyl (C=O) groups is 3. The van der Waals surface area contributed by atoms with Gasteiger partial charge in [0.05, 0.1) is 6.42 Å². The van der Waals surface area contributed by atoms with Crippen molar-refractivity contribution in [2.24, 2.45) is 0 Å². The first-order chi connectivity index (χ1) is 17.7. The van der Waals surface area contributed by atoms with Crippen molar-refractivity contribution in [3.05, 3.63) is 106 Å². The second-order valence-electron chi connectivity index (χ2n) is 9.02. The maximum atomic E-state index is 14.0. The third kappa shape index (κ3) is 6.55. The number of nitrogens with one attached hydrogen (secondary N) is 2. The van der Waals surface area contributed by atoms with Gasteiger partial charge in [-0.05, 0) is 59.9 Å². The normalized spacial score (nSPS) is 15.6. The summed E-state index contributed by atoms with van der Waals surface area (Å²) in [4.78, 5) is 40.2. The zero-order valence-electron chi connectivity index (χ0n) is 20.1. The lowest BCUT2D eigenvalue weighted by Gasteiger charge is -2.35. The van der Waals surface area contributed by atoms with Gasteiger partial charge in [0, 0.05) is 19.2 Å². The minimum Gasteiger partial charge on any atom is -0.344 e. The number of benzene rings is 3. The van der Waals surface area contributed by atoms with Gasteiger partial charge in [0.2, 0.25) is 17.7 Å². The summed E-state index contributed by atoms with van der Waals surface area (Å²) in [6.07, 6.45) is 0.259. The number of nitrogens with zero attached hydrogens (tertiary/aromatic N) is 1. The van der Waals surface area contributed by atoms with Crippen LogP contribution in [0.25, 0.3) is 0 Å². The molecule has 3 amide bonds. The number of carbonyl (C=O) groups excluding carboxylic acids is 3. The van der Waals surface area contributed by atoms with Gasteiger partial charge >= 0.3 is 0 Å². The Bertz CT molecular complexity index is 1300. The van der Waals surface area contributed by atoms with Crippen molar-refractivity contribution >= 4 is 17.7 Å². The Morgan fingerprint density at radius 3 is 2.35 bits per heavy atom. The van der Waals surface area contributed by atoms with Crippen LogP contribution in [0.5, 0.6) is 0 Å². The van der Waals surface area contributed by atoms with Gasteiger partial charge in [0.15, 0.2) is 0 Å². The molecule has 0 fully saturated rings. The van der Waals surface area contributed by atoms with Crippen molar-refractivity contribution in [1.82, 2.24) is 15.5 Å². The van der Waals surface area contributed by atoms with E-state index >= 15 is 0 Å². The lowest BCUT2D eigenvalue weighted by atomic mass is 9.93. The second-order valence-corrected chi connectivity index (χ2v) is 9.02. The lowest BCUT2D eigenvalue weighted by Crippen LogP contribution is -2.51. The average molecular weight is 510 g/mol. The highest BCUT2D eigenvalue weighted by atomic mass is 19.1. The standard InChI is InChI=1S/C28H26F3N3O3/c1-17(32-25(35)13-19-11-22(30)15-23(31)12-19)27(36)33-26-24-8-7-21(29)14-20(24)16-34(28(26)37)10-9-18-5-3-2-4-6-18/h2-8,11-12,14-15,17,26H,9-10,13,16H2,1H3,(H,32,35)(H,33,36)/t17-,26?/m0/s1. The van der Waals surface area contributed by atoms with Crippen LogP contribution < -0.4 is 10.6 Å². The minimum atomic E-state index is -1.05. The SMILES string of the molecule is C[C@H](NC(=O)Cc1cc(F)cc(F)c1)C(=O)NC1C(=O)N(CCc2ccccc2)Cc2cc(F)ccc21. The van der Waals surface area contributed by atoms with Gasteiger partial charge in [-0.1, -0.05) is 36.4 Å². The van der Waals surface area contributed by atoms with Crippen LogP contribution >= 0.6 is 0 Å². The van der Waals surface area contributed by atoms with E-state index in [1.54, 1.807) is 4.90 Å². The molecule has 3 aromatic rings. The van der Waals surface area contributed by atoms with Gasteiger partial charge in [-0.25, -0.2) is 13.2 Å². The monoisotopic (exact) mass is 509 g/mol. The highest BCUT2D eigenvalue weighted by Gasteiger charge is 2.35. The first kappa shape index (κ1) is 25.9. The molecule has 1 unspecified atom stereocenters. The number of hydrogen-bond acceptors (Lipinski definition) is 3. The predicted octanol–water partition coefficient (Wildman–Crippen LogP) is 3.59. The molecule has 192 valence electrons. The maximum absolute atomic E-state index is 14.0. The van der Waals surface area contributed by atoms with Gasteiger partial charge in [0.25, 0.3) is 0 Å². The van der Waals surface area contributed by atoms with E-state index in [9.17, 15) is 27.6 Å². The van der Waals surface area contributed by atoms with Crippen LogP contribution in [0, 0.1) is 17.5 Å². The Morgan fingerprint density at radius 2 is 1.65 bits per heavy atom. The van der Waals surface area contributed by atoms with Crippen molar-refractivity contribution in [3.8, 4) is 0 Å². The van der Waals surface area contributed by atoms with Crippen molar-refractivity contribution in [3.63, 3.8) is 0 Å². The molecule has 1 heterocycles. The molecule has 0 bridgehead atoms. The molecular formula is C28H26F3N3O3. The summed E-state index contributed by atoms with van der Waals surface area (Å²) < 4.78 is 40.8. The number of rotatable bonds is 8. The van der Waals surface area contributed by atoms with Crippen LogP contribution in [0.1, 0.15) is 35.2 Å². The van der Waals surface area contributed by atoms with Gasteiger partial charge in [-0.3, -0.25) is 14.4 Å². The average Bonchev–Trinajstić information content (AvgIpc) is 2.84. The van der Waals surface area contributed by atoms with Crippen molar-refractivity contribution in [2.75, 3.05) is 6.54 Å². The molecule has 0 spiro atoms. The fourth-order valence-electron chi connectivity index (χ4n) is 4.35. The number of hydrogen-bond donors (Lipinski definition) is 2. The topological polar surface area (TPSA) is 78.5 Å². The molecule has 0 radical (unpaired) electrons. The molecule has 1 aliphatic rings. The molecule has 37 heavy (non-hydrogen) atoms. The molecule has 0 saturated heterocycles. The third-order valence-electron chi connectivity index (χ3n) is 6.19. The Hall–Kier alpha value is -4.14. The Morgan fingerprint density at radius 1 is 0.946 bits per heavy atom. The number of halogens is 3. The Kier molecular flexibility index (Phi) is 7.91. The van der Waals surface area contributed by atoms with Crippen LogP contribution in [0.2, 0.25) is 0 Å². The van der Waals surface area contributed by atoms with Crippen LogP contribution in [-0.4, -0.2) is 35.2 Å². The van der Waals surface area contributed by atoms with Crippen molar-refractivity contribution in [2.45, 2.75) is 38.4 Å². The minimum absolute atomic E-state index is 0.120. The van der Waals surface area contributed by atoms with Crippen molar-refractivity contribution in [1.29, 1.82) is 0 Å². The first-order valence-electron chi connectivity index (χ1n) is 11.9. The summed E-state index contributed by atoms with van der Waals surface area (Å²) >= 11 is 0. The first-order valence-corrected chi connectivity index (χ1v) is 11.9. The predicted molar refractivity (Wildman–Crippen MR) is 131 cm³/mol. The molecule has 0 aromatic heterocycles. The van der Waals surface area contributed by atoms with E-state index in [2.05, 4.69) is 10.6 Å². The van der Waals surface area contributed by atoms with E-state index in [4.69, 9.17) is 0 Å².